The highest BCUT2D eigenvalue weighted by molar-refractivity contribution is 7.89. The number of aromatic nitrogens is 3. The molecule has 1 aromatic carbocycles. The molecule has 1 atom stereocenters. The van der Waals surface area contributed by atoms with Gasteiger partial charge < -0.3 is 9.47 Å². The van der Waals surface area contributed by atoms with E-state index in [1.165, 1.54) is 6.42 Å². The largest absolute Gasteiger partial charge is 0.342 e. The second-order valence-corrected chi connectivity index (χ2v) is 12.3. The number of aryl methyl sites for hydroxylation is 1. The van der Waals surface area contributed by atoms with Crippen LogP contribution in [0.4, 0.5) is 0 Å². The fraction of sp³-hybridized carbons (Fsp3) is 0.640. The predicted molar refractivity (Wildman–Crippen MR) is 131 cm³/mol. The van der Waals surface area contributed by atoms with E-state index in [2.05, 4.69) is 40.3 Å². The number of sulfonamides is 1. The Balaban J connectivity index is 1.32. The van der Waals surface area contributed by atoms with E-state index in [0.717, 1.165) is 55.9 Å². The Hall–Kier alpha value is -2.26. The van der Waals surface area contributed by atoms with Crippen LogP contribution in [-0.2, 0) is 33.2 Å². The zero-order valence-electron chi connectivity index (χ0n) is 20.6. The van der Waals surface area contributed by atoms with Gasteiger partial charge in [0.05, 0.1) is 4.90 Å². The minimum atomic E-state index is -3.65. The van der Waals surface area contributed by atoms with Gasteiger partial charge >= 0.3 is 0 Å². The lowest BCUT2D eigenvalue weighted by molar-refractivity contribution is -0.132. The molecule has 1 fully saturated rings. The molecule has 0 aliphatic carbocycles. The second-order valence-electron chi connectivity index (χ2n) is 10.5. The Morgan fingerprint density at radius 1 is 1.06 bits per heavy atom. The summed E-state index contributed by atoms with van der Waals surface area (Å²) in [7, 11) is -3.65. The van der Waals surface area contributed by atoms with Crippen molar-refractivity contribution < 1.29 is 13.2 Å². The molecule has 0 bridgehead atoms. The lowest BCUT2D eigenvalue weighted by Crippen LogP contribution is -2.41. The summed E-state index contributed by atoms with van der Waals surface area (Å²) in [4.78, 5) is 15.0. The first-order valence-corrected chi connectivity index (χ1v) is 13.9. The molecule has 2 aromatic rings. The Morgan fingerprint density at radius 3 is 2.56 bits per heavy atom. The first-order chi connectivity index (χ1) is 16.1. The van der Waals surface area contributed by atoms with Crippen molar-refractivity contribution in [2.75, 3.05) is 19.6 Å². The molecule has 9 heteroatoms. The normalized spacial score (nSPS) is 19.5. The predicted octanol–water partition coefficient (Wildman–Crippen LogP) is 3.38. The topological polar surface area (TPSA) is 97.2 Å². The summed E-state index contributed by atoms with van der Waals surface area (Å²) < 4.78 is 30.2. The average Bonchev–Trinajstić information content (AvgIpc) is 3.06. The van der Waals surface area contributed by atoms with Crippen LogP contribution >= 0.6 is 0 Å². The van der Waals surface area contributed by atoms with E-state index < -0.39 is 10.0 Å². The van der Waals surface area contributed by atoms with E-state index in [-0.39, 0.29) is 35.1 Å². The molecule has 1 unspecified atom stereocenters. The molecule has 1 aromatic heterocycles. The number of carbonyl (C=O) groups excluding carboxylic acids is 1. The van der Waals surface area contributed by atoms with Gasteiger partial charge in [0.25, 0.3) is 0 Å². The van der Waals surface area contributed by atoms with Crippen LogP contribution in [0.2, 0.25) is 0 Å². The first kappa shape index (κ1) is 24.9. The molecule has 2 aliphatic rings. The third-order valence-corrected chi connectivity index (χ3v) is 8.42. The van der Waals surface area contributed by atoms with Crippen molar-refractivity contribution in [2.45, 2.75) is 88.5 Å². The van der Waals surface area contributed by atoms with Crippen LogP contribution in [0.25, 0.3) is 0 Å². The summed E-state index contributed by atoms with van der Waals surface area (Å²) in [5.41, 5.74) is 1.03. The molecule has 0 radical (unpaired) electrons. The van der Waals surface area contributed by atoms with Crippen LogP contribution in [0.15, 0.2) is 29.2 Å². The van der Waals surface area contributed by atoms with Crippen LogP contribution in [0.5, 0.6) is 0 Å². The number of likely N-dealkylation sites (tertiary alicyclic amines) is 1. The smallest absolute Gasteiger partial charge is 0.240 e. The number of carbonyl (C=O) groups is 1. The van der Waals surface area contributed by atoms with Gasteiger partial charge in [0.1, 0.15) is 11.6 Å². The molecule has 1 N–H and O–H groups in total. The van der Waals surface area contributed by atoms with Gasteiger partial charge in [0.15, 0.2) is 0 Å². The van der Waals surface area contributed by atoms with Crippen molar-refractivity contribution in [3.63, 3.8) is 0 Å². The Bertz CT molecular complexity index is 1100. The van der Waals surface area contributed by atoms with Crippen molar-refractivity contribution in [3.8, 4) is 0 Å². The Morgan fingerprint density at radius 2 is 1.82 bits per heavy atom. The molecule has 1 amide bonds. The standard InChI is InChI=1S/C25H37N5O3S/c1-25(2,3)20-10-12-21(13-11-20)34(32,33)26-15-14-23(31)29-16-7-8-19(18-29)24-28-27-22-9-5-4-6-17-30(22)24/h10-13,19,26H,4-9,14-18H2,1-3H3. The minimum Gasteiger partial charge on any atom is -0.342 e. The average molecular weight is 488 g/mol. The maximum atomic E-state index is 12.9. The monoisotopic (exact) mass is 487 g/mol. The molecule has 186 valence electrons. The molecule has 0 spiro atoms. The van der Waals surface area contributed by atoms with Gasteiger partial charge in [0, 0.05) is 44.9 Å². The summed E-state index contributed by atoms with van der Waals surface area (Å²) in [6.45, 7) is 8.64. The molecule has 3 heterocycles. The summed E-state index contributed by atoms with van der Waals surface area (Å²) in [6.07, 6.45) is 6.56. The quantitative estimate of drug-likeness (QED) is 0.674. The van der Waals surface area contributed by atoms with Crippen LogP contribution in [-0.4, -0.2) is 53.6 Å². The number of hydrogen-bond acceptors (Lipinski definition) is 5. The number of nitrogens with one attached hydrogen (secondary N) is 1. The van der Waals surface area contributed by atoms with Crippen molar-refractivity contribution in [1.29, 1.82) is 0 Å². The highest BCUT2D eigenvalue weighted by Crippen LogP contribution is 2.28. The third-order valence-electron chi connectivity index (χ3n) is 6.94. The fourth-order valence-corrected chi connectivity index (χ4v) is 5.92. The molecular formula is C25H37N5O3S. The Kier molecular flexibility index (Phi) is 7.42. The molecule has 0 saturated carbocycles. The number of nitrogens with zero attached hydrogens (tertiary/aromatic N) is 4. The van der Waals surface area contributed by atoms with Crippen LogP contribution in [0.1, 0.15) is 82.4 Å². The van der Waals surface area contributed by atoms with Gasteiger partial charge in [0.2, 0.25) is 15.9 Å². The third kappa shape index (κ3) is 5.68. The van der Waals surface area contributed by atoms with Gasteiger partial charge in [-0.3, -0.25) is 4.79 Å². The number of rotatable bonds is 6. The number of benzene rings is 1. The minimum absolute atomic E-state index is 0.0221. The van der Waals surface area contributed by atoms with Crippen LogP contribution < -0.4 is 4.72 Å². The lowest BCUT2D eigenvalue weighted by atomic mass is 9.87. The molecular weight excluding hydrogens is 450 g/mol. The van der Waals surface area contributed by atoms with Crippen LogP contribution in [0.3, 0.4) is 0 Å². The molecule has 2 aliphatic heterocycles. The maximum Gasteiger partial charge on any atom is 0.240 e. The molecule has 34 heavy (non-hydrogen) atoms. The van der Waals surface area contributed by atoms with Crippen molar-refractivity contribution in [3.05, 3.63) is 41.5 Å². The second kappa shape index (κ2) is 10.2. The highest BCUT2D eigenvalue weighted by atomic mass is 32.2. The first-order valence-electron chi connectivity index (χ1n) is 12.4. The van der Waals surface area contributed by atoms with E-state index in [0.29, 0.717) is 13.1 Å². The van der Waals surface area contributed by atoms with Gasteiger partial charge in [-0.05, 0) is 48.8 Å². The van der Waals surface area contributed by atoms with Crippen molar-refractivity contribution >= 4 is 15.9 Å². The van der Waals surface area contributed by atoms with Gasteiger partial charge in [-0.2, -0.15) is 0 Å². The SMILES string of the molecule is CC(C)(C)c1ccc(S(=O)(=O)NCCC(=O)N2CCCC(c3nnc4n3CCCCC4)C2)cc1. The number of piperidine rings is 1. The number of hydrogen-bond donors (Lipinski definition) is 1. The summed E-state index contributed by atoms with van der Waals surface area (Å²) in [6, 6.07) is 6.94. The zero-order chi connectivity index (χ0) is 24.3. The van der Waals surface area contributed by atoms with Crippen molar-refractivity contribution in [1.82, 2.24) is 24.4 Å². The lowest BCUT2D eigenvalue weighted by Gasteiger charge is -2.32. The maximum absolute atomic E-state index is 12.9. The van der Waals surface area contributed by atoms with Gasteiger partial charge in [-0.15, -0.1) is 10.2 Å². The molecule has 1 saturated heterocycles. The van der Waals surface area contributed by atoms with Crippen molar-refractivity contribution in [2.24, 2.45) is 0 Å². The van der Waals surface area contributed by atoms with E-state index in [1.807, 2.05) is 17.0 Å². The van der Waals surface area contributed by atoms with Crippen LogP contribution in [0, 0.1) is 0 Å². The van der Waals surface area contributed by atoms with E-state index in [9.17, 15) is 13.2 Å². The number of amides is 1. The van der Waals surface area contributed by atoms with E-state index >= 15 is 0 Å². The van der Waals surface area contributed by atoms with E-state index in [1.54, 1.807) is 12.1 Å². The Labute approximate surface area is 203 Å². The number of fused-ring (bicyclic) bond motifs is 1. The fourth-order valence-electron chi connectivity index (χ4n) is 4.89. The zero-order valence-corrected chi connectivity index (χ0v) is 21.4. The molecule has 8 nitrogen and oxygen atoms in total. The molecule has 4 rings (SSSR count). The van der Waals surface area contributed by atoms with Gasteiger partial charge in [-0.1, -0.05) is 39.3 Å². The summed E-state index contributed by atoms with van der Waals surface area (Å²) >= 11 is 0. The van der Waals surface area contributed by atoms with E-state index in [4.69, 9.17) is 0 Å². The summed E-state index contributed by atoms with van der Waals surface area (Å²) in [5, 5.41) is 8.91. The van der Waals surface area contributed by atoms with Gasteiger partial charge in [-0.25, -0.2) is 13.1 Å². The highest BCUT2D eigenvalue weighted by Gasteiger charge is 2.29. The summed E-state index contributed by atoms with van der Waals surface area (Å²) in [5.74, 6) is 2.25.